The standard InChI is InChI=1S/C25H29N5OS/c31-24(29-15-12-21-10-4-5-11-22(21)17-29)19-32-25-27-26-23(18-28-13-6-7-14-28)30(25)16-20-8-2-1-3-9-20/h1-5,8-11H,6-7,12-19H2. The van der Waals surface area contributed by atoms with Gasteiger partial charge in [0, 0.05) is 13.1 Å². The van der Waals surface area contributed by atoms with E-state index in [9.17, 15) is 4.79 Å². The average Bonchev–Trinajstić information content (AvgIpc) is 3.48. The van der Waals surface area contributed by atoms with Crippen molar-refractivity contribution < 1.29 is 4.79 Å². The average molecular weight is 448 g/mol. The maximum atomic E-state index is 13.0. The van der Waals surface area contributed by atoms with Crippen molar-refractivity contribution in [3.05, 3.63) is 77.1 Å². The van der Waals surface area contributed by atoms with Gasteiger partial charge in [-0.3, -0.25) is 9.69 Å². The lowest BCUT2D eigenvalue weighted by atomic mass is 10.00. The Morgan fingerprint density at radius 3 is 2.44 bits per heavy atom. The van der Waals surface area contributed by atoms with E-state index >= 15 is 0 Å². The fourth-order valence-electron chi connectivity index (χ4n) is 4.53. The SMILES string of the molecule is O=C(CSc1nnc(CN2CCCC2)n1Cc1ccccc1)N1CCc2ccccc2C1. The molecule has 0 N–H and O–H groups in total. The van der Waals surface area contributed by atoms with Crippen LogP contribution in [-0.4, -0.2) is 55.9 Å². The number of rotatable bonds is 7. The molecule has 5 rings (SSSR count). The van der Waals surface area contributed by atoms with Gasteiger partial charge >= 0.3 is 0 Å². The van der Waals surface area contributed by atoms with Crippen LogP contribution in [0.1, 0.15) is 35.4 Å². The molecule has 7 heteroatoms. The lowest BCUT2D eigenvalue weighted by Gasteiger charge is -2.28. The number of hydrogen-bond acceptors (Lipinski definition) is 5. The highest BCUT2D eigenvalue weighted by atomic mass is 32.2. The van der Waals surface area contributed by atoms with Gasteiger partial charge in [-0.25, -0.2) is 0 Å². The monoisotopic (exact) mass is 447 g/mol. The maximum absolute atomic E-state index is 13.0. The van der Waals surface area contributed by atoms with Crippen molar-refractivity contribution in [1.82, 2.24) is 24.6 Å². The molecule has 2 aliphatic heterocycles. The number of fused-ring (bicyclic) bond motifs is 1. The zero-order chi connectivity index (χ0) is 21.8. The molecule has 0 unspecified atom stereocenters. The first kappa shape index (κ1) is 21.2. The molecule has 166 valence electrons. The summed E-state index contributed by atoms with van der Waals surface area (Å²) in [5.74, 6) is 1.54. The van der Waals surface area contributed by atoms with Gasteiger partial charge in [-0.2, -0.15) is 0 Å². The summed E-state index contributed by atoms with van der Waals surface area (Å²) in [5, 5.41) is 9.84. The van der Waals surface area contributed by atoms with E-state index in [2.05, 4.69) is 68.2 Å². The van der Waals surface area contributed by atoms with Crippen molar-refractivity contribution in [1.29, 1.82) is 0 Å². The van der Waals surface area contributed by atoms with Crippen molar-refractivity contribution in [2.45, 2.75) is 44.1 Å². The fourth-order valence-corrected chi connectivity index (χ4v) is 5.39. The first-order valence-electron chi connectivity index (χ1n) is 11.4. The molecule has 0 aliphatic carbocycles. The smallest absolute Gasteiger partial charge is 0.233 e. The van der Waals surface area contributed by atoms with E-state index in [0.717, 1.165) is 50.1 Å². The summed E-state index contributed by atoms with van der Waals surface area (Å²) in [7, 11) is 0. The van der Waals surface area contributed by atoms with Crippen LogP contribution < -0.4 is 0 Å². The Hall–Kier alpha value is -2.64. The molecule has 1 amide bonds. The van der Waals surface area contributed by atoms with Crippen LogP contribution in [-0.2, 0) is 30.8 Å². The zero-order valence-corrected chi connectivity index (χ0v) is 19.1. The number of hydrogen-bond donors (Lipinski definition) is 0. The van der Waals surface area contributed by atoms with Crippen molar-refractivity contribution in [2.24, 2.45) is 0 Å². The van der Waals surface area contributed by atoms with Crippen molar-refractivity contribution >= 4 is 17.7 Å². The van der Waals surface area contributed by atoms with Gasteiger partial charge in [-0.05, 0) is 49.0 Å². The number of thioether (sulfide) groups is 1. The topological polar surface area (TPSA) is 54.3 Å². The molecule has 6 nitrogen and oxygen atoms in total. The van der Waals surface area contributed by atoms with E-state index in [1.54, 1.807) is 0 Å². The van der Waals surface area contributed by atoms with Gasteiger partial charge in [0.05, 0.1) is 18.8 Å². The quantitative estimate of drug-likeness (QED) is 0.518. The minimum Gasteiger partial charge on any atom is -0.337 e. The molecule has 32 heavy (non-hydrogen) atoms. The Kier molecular flexibility index (Phi) is 6.55. The van der Waals surface area contributed by atoms with Crippen LogP contribution in [0.2, 0.25) is 0 Å². The zero-order valence-electron chi connectivity index (χ0n) is 18.3. The molecule has 3 heterocycles. The fraction of sp³-hybridized carbons (Fsp3) is 0.400. The van der Waals surface area contributed by atoms with E-state index in [-0.39, 0.29) is 5.91 Å². The van der Waals surface area contributed by atoms with Crippen LogP contribution in [0.25, 0.3) is 0 Å². The second-order valence-electron chi connectivity index (χ2n) is 8.58. The Balaban J connectivity index is 1.28. The largest absolute Gasteiger partial charge is 0.337 e. The van der Waals surface area contributed by atoms with Gasteiger partial charge < -0.3 is 9.47 Å². The number of nitrogens with zero attached hydrogens (tertiary/aromatic N) is 5. The second kappa shape index (κ2) is 9.88. The number of carbonyl (C=O) groups is 1. The summed E-state index contributed by atoms with van der Waals surface area (Å²) < 4.78 is 2.19. The van der Waals surface area contributed by atoms with Gasteiger partial charge in [0.1, 0.15) is 5.82 Å². The van der Waals surface area contributed by atoms with Crippen LogP contribution >= 0.6 is 11.8 Å². The van der Waals surface area contributed by atoms with E-state index in [4.69, 9.17) is 0 Å². The van der Waals surface area contributed by atoms with Crippen molar-refractivity contribution in [3.8, 4) is 0 Å². The molecule has 0 atom stereocenters. The molecule has 1 aromatic heterocycles. The van der Waals surface area contributed by atoms with Crippen LogP contribution in [0.15, 0.2) is 59.8 Å². The molecule has 0 bridgehead atoms. The lowest BCUT2D eigenvalue weighted by Crippen LogP contribution is -2.37. The Morgan fingerprint density at radius 2 is 1.62 bits per heavy atom. The van der Waals surface area contributed by atoms with E-state index in [1.165, 1.54) is 41.3 Å². The highest BCUT2D eigenvalue weighted by Crippen LogP contribution is 2.23. The van der Waals surface area contributed by atoms with Crippen LogP contribution in [0.3, 0.4) is 0 Å². The number of benzene rings is 2. The summed E-state index contributed by atoms with van der Waals surface area (Å²) in [6, 6.07) is 18.8. The third kappa shape index (κ3) is 4.89. The highest BCUT2D eigenvalue weighted by molar-refractivity contribution is 7.99. The lowest BCUT2D eigenvalue weighted by molar-refractivity contribution is -0.129. The number of aromatic nitrogens is 3. The Bertz CT molecular complexity index is 1060. The van der Waals surface area contributed by atoms with E-state index in [1.807, 2.05) is 11.0 Å². The summed E-state index contributed by atoms with van der Waals surface area (Å²) >= 11 is 1.51. The first-order chi connectivity index (χ1) is 15.8. The van der Waals surface area contributed by atoms with E-state index < -0.39 is 0 Å². The molecule has 0 radical (unpaired) electrons. The van der Waals surface area contributed by atoms with Gasteiger partial charge in [0.2, 0.25) is 5.91 Å². The van der Waals surface area contributed by atoms with Crippen molar-refractivity contribution in [2.75, 3.05) is 25.4 Å². The molecule has 3 aromatic rings. The second-order valence-corrected chi connectivity index (χ2v) is 9.52. The molecule has 1 fully saturated rings. The van der Waals surface area contributed by atoms with Crippen LogP contribution in [0, 0.1) is 0 Å². The number of likely N-dealkylation sites (tertiary alicyclic amines) is 1. The molecule has 2 aromatic carbocycles. The maximum Gasteiger partial charge on any atom is 0.233 e. The molecular formula is C25H29N5OS. The molecule has 0 spiro atoms. The summed E-state index contributed by atoms with van der Waals surface area (Å²) in [6.07, 6.45) is 3.43. The first-order valence-corrected chi connectivity index (χ1v) is 12.4. The number of amides is 1. The molecule has 0 saturated carbocycles. The van der Waals surface area contributed by atoms with Crippen LogP contribution in [0.4, 0.5) is 0 Å². The third-order valence-electron chi connectivity index (χ3n) is 6.35. The third-order valence-corrected chi connectivity index (χ3v) is 7.30. The predicted octanol–water partition coefficient (Wildman–Crippen LogP) is 3.60. The molecule has 2 aliphatic rings. The van der Waals surface area contributed by atoms with Crippen LogP contribution in [0.5, 0.6) is 0 Å². The highest BCUT2D eigenvalue weighted by Gasteiger charge is 2.23. The van der Waals surface area contributed by atoms with Gasteiger partial charge in [0.25, 0.3) is 0 Å². The number of carbonyl (C=O) groups excluding carboxylic acids is 1. The normalized spacial score (nSPS) is 16.3. The molecular weight excluding hydrogens is 418 g/mol. The predicted molar refractivity (Wildman–Crippen MR) is 126 cm³/mol. The Labute approximate surface area is 193 Å². The minimum atomic E-state index is 0.167. The van der Waals surface area contributed by atoms with Crippen molar-refractivity contribution in [3.63, 3.8) is 0 Å². The van der Waals surface area contributed by atoms with Gasteiger partial charge in [-0.15, -0.1) is 10.2 Å². The summed E-state index contributed by atoms with van der Waals surface area (Å²) in [5.41, 5.74) is 3.84. The summed E-state index contributed by atoms with van der Waals surface area (Å²) in [6.45, 7) is 5.27. The summed E-state index contributed by atoms with van der Waals surface area (Å²) in [4.78, 5) is 17.4. The minimum absolute atomic E-state index is 0.167. The Morgan fingerprint density at radius 1 is 0.875 bits per heavy atom. The van der Waals surface area contributed by atoms with Gasteiger partial charge in [0.15, 0.2) is 5.16 Å². The van der Waals surface area contributed by atoms with Gasteiger partial charge in [-0.1, -0.05) is 66.4 Å². The molecule has 1 saturated heterocycles. The van der Waals surface area contributed by atoms with E-state index in [0.29, 0.717) is 12.3 Å².